The quantitative estimate of drug-likeness (QED) is 0.502. The lowest BCUT2D eigenvalue weighted by molar-refractivity contribution is 0.531. The van der Waals surface area contributed by atoms with Crippen molar-refractivity contribution in [2.24, 2.45) is 10.4 Å². The van der Waals surface area contributed by atoms with Crippen molar-refractivity contribution < 1.29 is 0 Å². The van der Waals surface area contributed by atoms with E-state index >= 15 is 0 Å². The average molecular weight is 243 g/mol. The maximum Gasteiger partial charge on any atom is 0.0684 e. The summed E-state index contributed by atoms with van der Waals surface area (Å²) in [7, 11) is 0. The third-order valence-corrected chi connectivity index (χ3v) is 2.94. The topological polar surface area (TPSA) is 12.4 Å². The van der Waals surface area contributed by atoms with E-state index in [1.807, 2.05) is 0 Å². The molecule has 0 unspecified atom stereocenters. The van der Waals surface area contributed by atoms with Crippen molar-refractivity contribution in [2.45, 2.75) is 48.0 Å². The fourth-order valence-electron chi connectivity index (χ4n) is 2.44. The normalized spacial score (nSPS) is 12.1. The Morgan fingerprint density at radius 3 is 2.17 bits per heavy atom. The first-order valence-corrected chi connectivity index (χ1v) is 6.49. The van der Waals surface area contributed by atoms with Crippen molar-refractivity contribution in [3.8, 4) is 0 Å². The third kappa shape index (κ3) is 4.14. The van der Waals surface area contributed by atoms with E-state index in [0.717, 1.165) is 12.1 Å². The molecule has 0 atom stereocenters. The highest BCUT2D eigenvalue weighted by Gasteiger charge is 2.15. The van der Waals surface area contributed by atoms with Crippen LogP contribution in [-0.2, 0) is 0 Å². The summed E-state index contributed by atoms with van der Waals surface area (Å²) in [6.45, 7) is 16.8. The molecule has 0 saturated carbocycles. The number of hydrogen-bond acceptors (Lipinski definition) is 1. The third-order valence-electron chi connectivity index (χ3n) is 2.94. The molecule has 1 rings (SSSR count). The first-order chi connectivity index (χ1) is 8.21. The Bertz CT molecular complexity index is 455. The fraction of sp³-hybridized carbons (Fsp3) is 0.471. The molecule has 0 aromatic heterocycles. The van der Waals surface area contributed by atoms with Gasteiger partial charge in [-0.3, -0.25) is 4.99 Å². The Morgan fingerprint density at radius 2 is 1.72 bits per heavy atom. The molecule has 1 aromatic rings. The molecule has 98 valence electrons. The van der Waals surface area contributed by atoms with E-state index < -0.39 is 0 Å². The standard InChI is InChI=1S/C17H25N/c1-12(2)10-17(6,7)11-18-16-14(4)8-13(3)9-15(16)5/h8-9,11H,1,10H2,2-7H3. The second-order valence-corrected chi connectivity index (χ2v) is 6.13. The van der Waals surface area contributed by atoms with E-state index in [9.17, 15) is 0 Å². The molecule has 0 amide bonds. The summed E-state index contributed by atoms with van der Waals surface area (Å²) in [5.74, 6) is 0. The number of benzene rings is 1. The fourth-order valence-corrected chi connectivity index (χ4v) is 2.44. The zero-order chi connectivity index (χ0) is 13.9. The van der Waals surface area contributed by atoms with Crippen molar-refractivity contribution in [1.82, 2.24) is 0 Å². The SMILES string of the molecule is C=C(C)CC(C)(C)C=Nc1c(C)cc(C)cc1C. The largest absolute Gasteiger partial charge is 0.260 e. The highest BCUT2D eigenvalue weighted by atomic mass is 14.7. The van der Waals surface area contributed by atoms with Crippen molar-refractivity contribution in [1.29, 1.82) is 0 Å². The van der Waals surface area contributed by atoms with Crippen LogP contribution < -0.4 is 0 Å². The van der Waals surface area contributed by atoms with Crippen LogP contribution >= 0.6 is 0 Å². The average Bonchev–Trinajstić information content (AvgIpc) is 2.12. The number of rotatable bonds is 4. The van der Waals surface area contributed by atoms with Crippen molar-refractivity contribution in [3.05, 3.63) is 41.0 Å². The van der Waals surface area contributed by atoms with Crippen molar-refractivity contribution in [2.75, 3.05) is 0 Å². The van der Waals surface area contributed by atoms with Crippen molar-refractivity contribution >= 4 is 11.9 Å². The van der Waals surface area contributed by atoms with E-state index in [2.05, 4.69) is 66.5 Å². The molecule has 0 saturated heterocycles. The Kier molecular flexibility index (Phi) is 4.50. The molecule has 0 bridgehead atoms. The molecule has 1 nitrogen and oxygen atoms in total. The minimum absolute atomic E-state index is 0.0651. The molecular formula is C17H25N. The molecule has 0 spiro atoms. The van der Waals surface area contributed by atoms with Gasteiger partial charge in [-0.25, -0.2) is 0 Å². The molecule has 1 aromatic carbocycles. The number of aliphatic imine (C=N–C) groups is 1. The number of allylic oxidation sites excluding steroid dienone is 1. The molecule has 1 heteroatoms. The van der Waals surface area contributed by atoms with Crippen molar-refractivity contribution in [3.63, 3.8) is 0 Å². The van der Waals surface area contributed by atoms with Crippen LogP contribution in [0, 0.1) is 26.2 Å². The Hall–Kier alpha value is -1.37. The van der Waals surface area contributed by atoms with Gasteiger partial charge in [-0.2, -0.15) is 0 Å². The van der Waals surface area contributed by atoms with Crippen LogP contribution in [0.5, 0.6) is 0 Å². The minimum Gasteiger partial charge on any atom is -0.260 e. The summed E-state index contributed by atoms with van der Waals surface area (Å²) in [4.78, 5) is 4.71. The summed E-state index contributed by atoms with van der Waals surface area (Å²) >= 11 is 0. The summed E-state index contributed by atoms with van der Waals surface area (Å²) in [5.41, 5.74) is 6.16. The maximum absolute atomic E-state index is 4.71. The molecule has 18 heavy (non-hydrogen) atoms. The highest BCUT2D eigenvalue weighted by molar-refractivity contribution is 5.71. The molecule has 0 aliphatic carbocycles. The van der Waals surface area contributed by atoms with Crippen LogP contribution in [0.15, 0.2) is 29.3 Å². The second kappa shape index (κ2) is 5.51. The molecule has 0 heterocycles. The van der Waals surface area contributed by atoms with Gasteiger partial charge in [-0.1, -0.05) is 37.1 Å². The Morgan fingerprint density at radius 1 is 1.22 bits per heavy atom. The number of aryl methyl sites for hydroxylation is 3. The van der Waals surface area contributed by atoms with E-state index in [-0.39, 0.29) is 5.41 Å². The molecule has 0 aliphatic heterocycles. The monoisotopic (exact) mass is 243 g/mol. The summed E-state index contributed by atoms with van der Waals surface area (Å²) < 4.78 is 0. The predicted octanol–water partition coefficient (Wildman–Crippen LogP) is 5.31. The molecule has 0 fully saturated rings. The van der Waals surface area contributed by atoms with E-state index in [0.29, 0.717) is 0 Å². The maximum atomic E-state index is 4.71. The van der Waals surface area contributed by atoms with Crippen LogP contribution in [0.3, 0.4) is 0 Å². The lowest BCUT2D eigenvalue weighted by Gasteiger charge is -2.19. The molecular weight excluding hydrogens is 218 g/mol. The first kappa shape index (κ1) is 14.7. The zero-order valence-corrected chi connectivity index (χ0v) is 12.6. The first-order valence-electron chi connectivity index (χ1n) is 6.49. The highest BCUT2D eigenvalue weighted by Crippen LogP contribution is 2.28. The van der Waals surface area contributed by atoms with Crippen LogP contribution in [0.1, 0.15) is 43.9 Å². The smallest absolute Gasteiger partial charge is 0.0684 e. The summed E-state index contributed by atoms with van der Waals surface area (Å²) in [5, 5.41) is 0. The van der Waals surface area contributed by atoms with Gasteiger partial charge in [-0.05, 0) is 45.2 Å². The lowest BCUT2D eigenvalue weighted by atomic mass is 9.88. The van der Waals surface area contributed by atoms with Crippen LogP contribution in [0.4, 0.5) is 5.69 Å². The van der Waals surface area contributed by atoms with Crippen LogP contribution in [-0.4, -0.2) is 6.21 Å². The van der Waals surface area contributed by atoms with E-state index in [1.165, 1.54) is 22.3 Å². The van der Waals surface area contributed by atoms with Gasteiger partial charge in [-0.15, -0.1) is 6.58 Å². The van der Waals surface area contributed by atoms with Gasteiger partial charge in [0.15, 0.2) is 0 Å². The van der Waals surface area contributed by atoms with Gasteiger partial charge < -0.3 is 0 Å². The summed E-state index contributed by atoms with van der Waals surface area (Å²) in [6, 6.07) is 4.37. The predicted molar refractivity (Wildman–Crippen MR) is 82.0 cm³/mol. The van der Waals surface area contributed by atoms with Gasteiger partial charge in [0, 0.05) is 11.6 Å². The van der Waals surface area contributed by atoms with Gasteiger partial charge in [0.05, 0.1) is 5.69 Å². The molecule has 0 N–H and O–H groups in total. The summed E-state index contributed by atoms with van der Waals surface area (Å²) in [6.07, 6.45) is 3.03. The number of nitrogens with zero attached hydrogens (tertiary/aromatic N) is 1. The minimum atomic E-state index is 0.0651. The van der Waals surface area contributed by atoms with E-state index in [4.69, 9.17) is 4.99 Å². The second-order valence-electron chi connectivity index (χ2n) is 6.13. The Labute approximate surface area is 112 Å². The zero-order valence-electron chi connectivity index (χ0n) is 12.6. The van der Waals surface area contributed by atoms with Crippen LogP contribution in [0.2, 0.25) is 0 Å². The van der Waals surface area contributed by atoms with E-state index in [1.54, 1.807) is 0 Å². The van der Waals surface area contributed by atoms with Gasteiger partial charge in [0.2, 0.25) is 0 Å². The van der Waals surface area contributed by atoms with Gasteiger partial charge >= 0.3 is 0 Å². The lowest BCUT2D eigenvalue weighted by Crippen LogP contribution is -2.13. The Balaban J connectivity index is 3.01. The number of hydrogen-bond donors (Lipinski definition) is 0. The molecule has 0 radical (unpaired) electrons. The van der Waals surface area contributed by atoms with Crippen LogP contribution in [0.25, 0.3) is 0 Å². The molecule has 0 aliphatic rings. The van der Waals surface area contributed by atoms with Gasteiger partial charge in [0.25, 0.3) is 0 Å². The van der Waals surface area contributed by atoms with Gasteiger partial charge in [0.1, 0.15) is 0 Å².